The van der Waals surface area contributed by atoms with Crippen molar-refractivity contribution in [2.45, 2.75) is 45.7 Å². The number of hydrogen-bond donors (Lipinski definition) is 1. The Morgan fingerprint density at radius 2 is 2.27 bits per heavy atom. The zero-order valence-corrected chi connectivity index (χ0v) is 10.5. The second-order valence-corrected chi connectivity index (χ2v) is 4.42. The maximum Gasteiger partial charge on any atom is 0.0619 e. The standard InChI is InChI=1S/C12H26N2O/c1-4-12-9-14(8-6-7-13-12)11(3)10-15-5-2/h11-13H,4-10H2,1-3H3. The lowest BCUT2D eigenvalue weighted by molar-refractivity contribution is 0.0723. The Morgan fingerprint density at radius 1 is 1.47 bits per heavy atom. The van der Waals surface area contributed by atoms with Gasteiger partial charge in [0.25, 0.3) is 0 Å². The third-order valence-corrected chi connectivity index (χ3v) is 3.19. The number of hydrogen-bond acceptors (Lipinski definition) is 3. The first-order valence-electron chi connectivity index (χ1n) is 6.33. The molecular formula is C12H26N2O. The van der Waals surface area contributed by atoms with Gasteiger partial charge in [-0.25, -0.2) is 0 Å². The first kappa shape index (κ1) is 12.9. The number of nitrogens with one attached hydrogen (secondary N) is 1. The molecule has 1 N–H and O–H groups in total. The van der Waals surface area contributed by atoms with E-state index in [0.29, 0.717) is 12.1 Å². The van der Waals surface area contributed by atoms with E-state index in [-0.39, 0.29) is 0 Å². The molecule has 2 atom stereocenters. The molecule has 2 unspecified atom stereocenters. The van der Waals surface area contributed by atoms with E-state index in [9.17, 15) is 0 Å². The maximum absolute atomic E-state index is 5.50. The van der Waals surface area contributed by atoms with Crippen molar-refractivity contribution < 1.29 is 4.74 Å². The van der Waals surface area contributed by atoms with Crippen LogP contribution in [0.4, 0.5) is 0 Å². The molecule has 1 rings (SSSR count). The summed E-state index contributed by atoms with van der Waals surface area (Å²) < 4.78 is 5.50. The minimum absolute atomic E-state index is 0.555. The van der Waals surface area contributed by atoms with Crippen LogP contribution in [0, 0.1) is 0 Å². The van der Waals surface area contributed by atoms with Crippen molar-refractivity contribution >= 4 is 0 Å². The maximum atomic E-state index is 5.50. The SMILES string of the molecule is CCOCC(C)N1CCCNC(CC)C1. The van der Waals surface area contributed by atoms with Crippen LogP contribution in [0.2, 0.25) is 0 Å². The van der Waals surface area contributed by atoms with Gasteiger partial charge >= 0.3 is 0 Å². The van der Waals surface area contributed by atoms with Gasteiger partial charge in [0.1, 0.15) is 0 Å². The van der Waals surface area contributed by atoms with Gasteiger partial charge in [-0.1, -0.05) is 6.92 Å². The van der Waals surface area contributed by atoms with E-state index >= 15 is 0 Å². The first-order chi connectivity index (χ1) is 7.27. The van der Waals surface area contributed by atoms with E-state index in [4.69, 9.17) is 4.74 Å². The van der Waals surface area contributed by atoms with Gasteiger partial charge in [-0.15, -0.1) is 0 Å². The van der Waals surface area contributed by atoms with Crippen LogP contribution in [0.3, 0.4) is 0 Å². The summed E-state index contributed by atoms with van der Waals surface area (Å²) in [6.45, 7) is 11.8. The number of ether oxygens (including phenoxy) is 1. The summed E-state index contributed by atoms with van der Waals surface area (Å²) in [5.74, 6) is 0. The largest absolute Gasteiger partial charge is 0.380 e. The molecule has 1 aliphatic rings. The molecule has 0 saturated carbocycles. The van der Waals surface area contributed by atoms with Gasteiger partial charge in [0.15, 0.2) is 0 Å². The average Bonchev–Trinajstić information content (AvgIpc) is 2.50. The van der Waals surface area contributed by atoms with Crippen molar-refractivity contribution in [3.8, 4) is 0 Å². The quantitative estimate of drug-likeness (QED) is 0.750. The zero-order valence-electron chi connectivity index (χ0n) is 10.5. The molecule has 1 aliphatic heterocycles. The second-order valence-electron chi connectivity index (χ2n) is 4.42. The average molecular weight is 214 g/mol. The minimum atomic E-state index is 0.555. The monoisotopic (exact) mass is 214 g/mol. The molecule has 90 valence electrons. The highest BCUT2D eigenvalue weighted by atomic mass is 16.5. The molecule has 0 spiro atoms. The van der Waals surface area contributed by atoms with E-state index in [1.807, 2.05) is 0 Å². The van der Waals surface area contributed by atoms with Gasteiger partial charge < -0.3 is 10.1 Å². The van der Waals surface area contributed by atoms with Crippen LogP contribution in [0.25, 0.3) is 0 Å². The van der Waals surface area contributed by atoms with Crippen molar-refractivity contribution in [2.24, 2.45) is 0 Å². The molecule has 0 radical (unpaired) electrons. The molecule has 0 aromatic heterocycles. The number of nitrogens with zero attached hydrogens (tertiary/aromatic N) is 1. The lowest BCUT2D eigenvalue weighted by atomic mass is 10.2. The highest BCUT2D eigenvalue weighted by molar-refractivity contribution is 4.78. The predicted octanol–water partition coefficient (Wildman–Crippen LogP) is 1.49. The smallest absolute Gasteiger partial charge is 0.0619 e. The fourth-order valence-corrected chi connectivity index (χ4v) is 2.09. The summed E-state index contributed by atoms with van der Waals surface area (Å²) in [6.07, 6.45) is 2.48. The van der Waals surface area contributed by atoms with Crippen LogP contribution in [0.5, 0.6) is 0 Å². The summed E-state index contributed by atoms with van der Waals surface area (Å²) >= 11 is 0. The summed E-state index contributed by atoms with van der Waals surface area (Å²) in [5, 5.41) is 3.59. The Kier molecular flexibility index (Phi) is 6.22. The van der Waals surface area contributed by atoms with Crippen LogP contribution in [-0.4, -0.2) is 49.8 Å². The third kappa shape index (κ3) is 4.49. The van der Waals surface area contributed by atoms with Gasteiger partial charge in [-0.05, 0) is 39.8 Å². The highest BCUT2D eigenvalue weighted by Crippen LogP contribution is 2.08. The molecule has 0 aromatic carbocycles. The Bertz CT molecular complexity index is 164. The molecule has 1 saturated heterocycles. The summed E-state index contributed by atoms with van der Waals surface area (Å²) in [7, 11) is 0. The molecular weight excluding hydrogens is 188 g/mol. The van der Waals surface area contributed by atoms with Crippen LogP contribution in [0.15, 0.2) is 0 Å². The lowest BCUT2D eigenvalue weighted by Gasteiger charge is -2.29. The fraction of sp³-hybridized carbons (Fsp3) is 1.00. The molecule has 15 heavy (non-hydrogen) atoms. The Labute approximate surface area is 94.2 Å². The van der Waals surface area contributed by atoms with Crippen LogP contribution in [0.1, 0.15) is 33.6 Å². The molecule has 3 nitrogen and oxygen atoms in total. The van der Waals surface area contributed by atoms with Gasteiger partial charge in [0.2, 0.25) is 0 Å². The summed E-state index contributed by atoms with van der Waals surface area (Å²) in [6, 6.07) is 1.22. The Morgan fingerprint density at radius 3 is 2.93 bits per heavy atom. The van der Waals surface area contributed by atoms with Crippen molar-refractivity contribution in [1.82, 2.24) is 10.2 Å². The Balaban J connectivity index is 2.36. The predicted molar refractivity (Wildman–Crippen MR) is 64.2 cm³/mol. The van der Waals surface area contributed by atoms with Crippen LogP contribution < -0.4 is 5.32 Å². The van der Waals surface area contributed by atoms with E-state index in [2.05, 4.69) is 31.0 Å². The van der Waals surface area contributed by atoms with Gasteiger partial charge in [0.05, 0.1) is 6.61 Å². The molecule has 0 bridgehead atoms. The van der Waals surface area contributed by atoms with Gasteiger partial charge in [0, 0.05) is 25.2 Å². The van der Waals surface area contributed by atoms with Crippen molar-refractivity contribution in [3.05, 3.63) is 0 Å². The van der Waals surface area contributed by atoms with Crippen molar-refractivity contribution in [1.29, 1.82) is 0 Å². The van der Waals surface area contributed by atoms with Crippen LogP contribution >= 0.6 is 0 Å². The molecule has 0 aliphatic carbocycles. The fourth-order valence-electron chi connectivity index (χ4n) is 2.09. The number of rotatable bonds is 5. The normalized spacial score (nSPS) is 26.2. The highest BCUT2D eigenvalue weighted by Gasteiger charge is 2.20. The van der Waals surface area contributed by atoms with Gasteiger partial charge in [-0.2, -0.15) is 0 Å². The molecule has 1 heterocycles. The zero-order chi connectivity index (χ0) is 11.1. The van der Waals surface area contributed by atoms with Gasteiger partial charge in [-0.3, -0.25) is 4.90 Å². The molecule has 0 amide bonds. The molecule has 3 heteroatoms. The van der Waals surface area contributed by atoms with E-state index in [0.717, 1.165) is 19.8 Å². The van der Waals surface area contributed by atoms with E-state index in [1.165, 1.54) is 25.9 Å². The molecule has 1 fully saturated rings. The third-order valence-electron chi connectivity index (χ3n) is 3.19. The minimum Gasteiger partial charge on any atom is -0.380 e. The van der Waals surface area contributed by atoms with Crippen molar-refractivity contribution in [2.75, 3.05) is 32.8 Å². The van der Waals surface area contributed by atoms with E-state index in [1.54, 1.807) is 0 Å². The Hall–Kier alpha value is -0.120. The van der Waals surface area contributed by atoms with Crippen LogP contribution in [-0.2, 0) is 4.74 Å². The summed E-state index contributed by atoms with van der Waals surface area (Å²) in [5.41, 5.74) is 0. The van der Waals surface area contributed by atoms with E-state index < -0.39 is 0 Å². The summed E-state index contributed by atoms with van der Waals surface area (Å²) in [4.78, 5) is 2.56. The lowest BCUT2D eigenvalue weighted by Crippen LogP contribution is -2.43. The topological polar surface area (TPSA) is 24.5 Å². The molecule has 0 aromatic rings. The second kappa shape index (κ2) is 7.20. The first-order valence-corrected chi connectivity index (χ1v) is 6.33. The van der Waals surface area contributed by atoms with Crippen molar-refractivity contribution in [3.63, 3.8) is 0 Å².